The number of benzene rings is 1. The molecule has 7 nitrogen and oxygen atoms in total. The highest BCUT2D eigenvalue weighted by Gasteiger charge is 2.30. The average molecular weight is 444 g/mol. The number of hydrogen-bond donors (Lipinski definition) is 1. The minimum atomic E-state index is -0.286. The number of fused-ring (bicyclic) bond motifs is 1. The standard InChI is InChI=1S/C20H22BrN5O2/c1-13-10-23-18(22)16-17(21)24-19(26(13)16)15-8-5-9-25(11-15)20(27)28-12-14-6-3-2-4-7-14/h2-4,6-7,10,15H,5,8-9,11-12H2,1H3,(H2,22,23)/t15-/m1/s1. The monoisotopic (exact) mass is 443 g/mol. The minimum absolute atomic E-state index is 0.109. The highest BCUT2D eigenvalue weighted by atomic mass is 79.9. The van der Waals surface area contributed by atoms with Gasteiger partial charge in [0.15, 0.2) is 5.82 Å². The number of hydrogen-bond acceptors (Lipinski definition) is 5. The van der Waals surface area contributed by atoms with Crippen LogP contribution in [0.15, 0.2) is 41.1 Å². The summed E-state index contributed by atoms with van der Waals surface area (Å²) in [5.41, 5.74) is 8.77. The van der Waals surface area contributed by atoms with Crippen LogP contribution in [0.5, 0.6) is 0 Å². The lowest BCUT2D eigenvalue weighted by atomic mass is 9.97. The number of nitrogen functional groups attached to an aromatic ring is 1. The Morgan fingerprint density at radius 1 is 1.36 bits per heavy atom. The summed E-state index contributed by atoms with van der Waals surface area (Å²) in [6, 6.07) is 9.70. The largest absolute Gasteiger partial charge is 0.445 e. The van der Waals surface area contributed by atoms with E-state index in [1.807, 2.05) is 41.7 Å². The van der Waals surface area contributed by atoms with Gasteiger partial charge in [-0.25, -0.2) is 14.8 Å². The van der Waals surface area contributed by atoms with Crippen LogP contribution in [-0.2, 0) is 11.3 Å². The molecule has 0 saturated carbocycles. The van der Waals surface area contributed by atoms with E-state index >= 15 is 0 Å². The second-order valence-corrected chi connectivity index (χ2v) is 7.81. The molecule has 1 amide bonds. The number of likely N-dealkylation sites (tertiary alicyclic amines) is 1. The Labute approximate surface area is 171 Å². The molecule has 0 aliphatic carbocycles. The van der Waals surface area contributed by atoms with Crippen LogP contribution < -0.4 is 5.73 Å². The van der Waals surface area contributed by atoms with Gasteiger partial charge in [0.05, 0.1) is 0 Å². The van der Waals surface area contributed by atoms with E-state index in [9.17, 15) is 4.79 Å². The number of halogens is 1. The van der Waals surface area contributed by atoms with Gasteiger partial charge in [-0.15, -0.1) is 0 Å². The van der Waals surface area contributed by atoms with E-state index < -0.39 is 0 Å². The summed E-state index contributed by atoms with van der Waals surface area (Å²) in [4.78, 5) is 23.3. The lowest BCUT2D eigenvalue weighted by Crippen LogP contribution is -2.39. The van der Waals surface area contributed by atoms with Crippen molar-refractivity contribution < 1.29 is 9.53 Å². The summed E-state index contributed by atoms with van der Waals surface area (Å²) in [5, 5.41) is 0. The molecule has 8 heteroatoms. The fourth-order valence-electron chi connectivity index (χ4n) is 3.71. The molecule has 1 fully saturated rings. The number of anilines is 1. The molecular weight excluding hydrogens is 422 g/mol. The normalized spacial score (nSPS) is 17.1. The lowest BCUT2D eigenvalue weighted by molar-refractivity contribution is 0.0852. The fourth-order valence-corrected chi connectivity index (χ4v) is 4.27. The van der Waals surface area contributed by atoms with Crippen molar-refractivity contribution in [2.75, 3.05) is 18.8 Å². The first-order chi connectivity index (χ1) is 13.5. The minimum Gasteiger partial charge on any atom is -0.445 e. The van der Waals surface area contributed by atoms with E-state index in [1.165, 1.54) is 0 Å². The van der Waals surface area contributed by atoms with Gasteiger partial charge in [0.2, 0.25) is 0 Å². The zero-order valence-corrected chi connectivity index (χ0v) is 17.2. The molecule has 1 atom stereocenters. The first kappa shape index (κ1) is 18.7. The maximum atomic E-state index is 12.6. The van der Waals surface area contributed by atoms with E-state index in [2.05, 4.69) is 20.9 Å². The predicted octanol–water partition coefficient (Wildman–Crippen LogP) is 3.90. The van der Waals surface area contributed by atoms with Gasteiger partial charge in [0.25, 0.3) is 0 Å². The van der Waals surface area contributed by atoms with Crippen molar-refractivity contribution in [1.82, 2.24) is 19.3 Å². The van der Waals surface area contributed by atoms with E-state index in [4.69, 9.17) is 15.5 Å². The number of carbonyl (C=O) groups excluding carboxylic acids is 1. The number of aryl methyl sites for hydroxylation is 1. The smallest absolute Gasteiger partial charge is 0.410 e. The number of carbonyl (C=O) groups is 1. The Balaban J connectivity index is 1.52. The van der Waals surface area contributed by atoms with Gasteiger partial charge in [-0.1, -0.05) is 30.3 Å². The molecule has 0 bridgehead atoms. The SMILES string of the molecule is Cc1cnc(N)c2c(Br)nc([C@@H]3CCCN(C(=O)OCc4ccccc4)C3)n12. The number of ether oxygens (including phenoxy) is 1. The number of amides is 1. The van der Waals surface area contributed by atoms with Crippen LogP contribution in [0, 0.1) is 6.92 Å². The molecule has 0 unspecified atom stereocenters. The Morgan fingerprint density at radius 3 is 2.93 bits per heavy atom. The van der Waals surface area contributed by atoms with Gasteiger partial charge in [-0.3, -0.25) is 4.40 Å². The van der Waals surface area contributed by atoms with Crippen LogP contribution in [-0.4, -0.2) is 38.5 Å². The van der Waals surface area contributed by atoms with Gasteiger partial charge in [-0.05, 0) is 41.3 Å². The van der Waals surface area contributed by atoms with Crippen LogP contribution in [0.3, 0.4) is 0 Å². The second kappa shape index (κ2) is 7.79. The number of nitrogens with zero attached hydrogens (tertiary/aromatic N) is 4. The molecule has 2 aromatic heterocycles. The first-order valence-electron chi connectivity index (χ1n) is 9.29. The maximum Gasteiger partial charge on any atom is 0.410 e. The van der Waals surface area contributed by atoms with Gasteiger partial charge in [0.1, 0.15) is 22.6 Å². The summed E-state index contributed by atoms with van der Waals surface area (Å²) in [5.74, 6) is 1.44. The molecule has 0 radical (unpaired) electrons. The third-order valence-corrected chi connectivity index (χ3v) is 5.65. The molecule has 3 aromatic rings. The van der Waals surface area contributed by atoms with Gasteiger partial charge in [-0.2, -0.15) is 0 Å². The third-order valence-electron chi connectivity index (χ3n) is 5.10. The Kier molecular flexibility index (Phi) is 5.21. The summed E-state index contributed by atoms with van der Waals surface area (Å²) >= 11 is 3.51. The summed E-state index contributed by atoms with van der Waals surface area (Å²) in [6.07, 6.45) is 3.31. The van der Waals surface area contributed by atoms with Gasteiger partial charge in [0, 0.05) is 30.9 Å². The van der Waals surface area contributed by atoms with E-state index in [0.29, 0.717) is 23.5 Å². The summed E-state index contributed by atoms with van der Waals surface area (Å²) in [7, 11) is 0. The molecule has 1 aliphatic rings. The average Bonchev–Trinajstić information content (AvgIpc) is 3.08. The molecule has 2 N–H and O–H groups in total. The quantitative estimate of drug-likeness (QED) is 0.663. The highest BCUT2D eigenvalue weighted by molar-refractivity contribution is 9.10. The van der Waals surface area contributed by atoms with Crippen LogP contribution in [0.4, 0.5) is 10.6 Å². The number of piperidine rings is 1. The second-order valence-electron chi connectivity index (χ2n) is 7.05. The molecule has 3 heterocycles. The van der Waals surface area contributed by atoms with E-state index in [0.717, 1.165) is 35.4 Å². The molecular formula is C20H22BrN5O2. The Hall–Kier alpha value is -2.61. The van der Waals surface area contributed by atoms with Gasteiger partial charge >= 0.3 is 6.09 Å². The molecule has 0 spiro atoms. The van der Waals surface area contributed by atoms with Crippen molar-refractivity contribution >= 4 is 33.4 Å². The number of rotatable bonds is 3. The van der Waals surface area contributed by atoms with Crippen LogP contribution in [0.25, 0.3) is 5.52 Å². The number of nitrogens with two attached hydrogens (primary N) is 1. The molecule has 1 aromatic carbocycles. The molecule has 146 valence electrons. The van der Waals surface area contributed by atoms with Crippen molar-refractivity contribution in [2.24, 2.45) is 0 Å². The lowest BCUT2D eigenvalue weighted by Gasteiger charge is -2.31. The molecule has 1 aliphatic heterocycles. The third kappa shape index (κ3) is 3.56. The van der Waals surface area contributed by atoms with Crippen molar-refractivity contribution in [3.8, 4) is 0 Å². The molecule has 28 heavy (non-hydrogen) atoms. The number of aromatic nitrogens is 3. The Bertz CT molecular complexity index is 1000. The van der Waals surface area contributed by atoms with Crippen molar-refractivity contribution in [1.29, 1.82) is 0 Å². The van der Waals surface area contributed by atoms with E-state index in [1.54, 1.807) is 11.1 Å². The fraction of sp³-hybridized carbons (Fsp3) is 0.350. The zero-order valence-electron chi connectivity index (χ0n) is 15.6. The maximum absolute atomic E-state index is 12.6. The van der Waals surface area contributed by atoms with Crippen LogP contribution in [0.2, 0.25) is 0 Å². The number of imidazole rings is 1. The van der Waals surface area contributed by atoms with Crippen LogP contribution >= 0.6 is 15.9 Å². The summed E-state index contributed by atoms with van der Waals surface area (Å²) in [6.45, 7) is 3.52. The highest BCUT2D eigenvalue weighted by Crippen LogP contribution is 2.32. The zero-order chi connectivity index (χ0) is 19.7. The van der Waals surface area contributed by atoms with Crippen molar-refractivity contribution in [2.45, 2.75) is 32.3 Å². The van der Waals surface area contributed by atoms with Gasteiger partial charge < -0.3 is 15.4 Å². The molecule has 1 saturated heterocycles. The predicted molar refractivity (Wildman–Crippen MR) is 110 cm³/mol. The van der Waals surface area contributed by atoms with Crippen molar-refractivity contribution in [3.05, 3.63) is 58.2 Å². The topological polar surface area (TPSA) is 85.8 Å². The van der Waals surface area contributed by atoms with E-state index in [-0.39, 0.29) is 18.6 Å². The Morgan fingerprint density at radius 2 is 2.14 bits per heavy atom. The molecule has 4 rings (SSSR count). The summed E-state index contributed by atoms with van der Waals surface area (Å²) < 4.78 is 8.23. The van der Waals surface area contributed by atoms with Crippen molar-refractivity contribution in [3.63, 3.8) is 0 Å². The first-order valence-corrected chi connectivity index (χ1v) is 10.1. The van der Waals surface area contributed by atoms with Crippen LogP contribution in [0.1, 0.15) is 35.8 Å².